The van der Waals surface area contributed by atoms with Crippen molar-refractivity contribution in [3.63, 3.8) is 0 Å². The normalized spacial score (nSPS) is 11.3. The van der Waals surface area contributed by atoms with Gasteiger partial charge in [0.25, 0.3) is 5.91 Å². The Kier molecular flexibility index (Phi) is 6.43. The third-order valence-electron chi connectivity index (χ3n) is 3.80. The van der Waals surface area contributed by atoms with Gasteiger partial charge in [0.2, 0.25) is 5.75 Å². The number of amides is 1. The quantitative estimate of drug-likeness (QED) is 0.750. The molecule has 0 unspecified atom stereocenters. The maximum atomic E-state index is 12.3. The second kappa shape index (κ2) is 8.75. The minimum Gasteiger partial charge on any atom is -0.493 e. The number of methoxy groups -OCH3 is 3. The molecule has 7 nitrogen and oxygen atoms in total. The number of ether oxygens (including phenoxy) is 3. The number of benzene rings is 2. The molecule has 2 rings (SSSR count). The zero-order valence-electron chi connectivity index (χ0n) is 14.8. The number of carbonyl (C=O) groups is 2. The average molecular weight is 359 g/mol. The minimum absolute atomic E-state index is 0.0601. The van der Waals surface area contributed by atoms with Gasteiger partial charge in [0.1, 0.15) is 6.04 Å². The number of aliphatic carboxylic acids is 1. The molecule has 0 heterocycles. The van der Waals surface area contributed by atoms with Gasteiger partial charge in [0, 0.05) is 12.0 Å². The third-order valence-corrected chi connectivity index (χ3v) is 3.80. The molecule has 0 aromatic heterocycles. The molecule has 2 aromatic rings. The summed E-state index contributed by atoms with van der Waals surface area (Å²) in [5, 5.41) is 12.0. The maximum absolute atomic E-state index is 12.3. The molecule has 0 saturated heterocycles. The fraction of sp³-hybridized carbons (Fsp3) is 0.263. The summed E-state index contributed by atoms with van der Waals surface area (Å²) < 4.78 is 15.8. The fourth-order valence-corrected chi connectivity index (χ4v) is 2.52. The van der Waals surface area contributed by atoms with Gasteiger partial charge in [0.05, 0.1) is 21.3 Å². The highest BCUT2D eigenvalue weighted by Crippen LogP contribution is 2.38. The predicted octanol–water partition coefficient (Wildman–Crippen LogP) is 2.14. The first-order valence-corrected chi connectivity index (χ1v) is 7.87. The van der Waals surface area contributed by atoms with E-state index in [0.717, 1.165) is 0 Å². The smallest absolute Gasteiger partial charge is 0.326 e. The van der Waals surface area contributed by atoms with E-state index in [2.05, 4.69) is 5.32 Å². The summed E-state index contributed by atoms with van der Waals surface area (Å²) in [7, 11) is 4.44. The summed E-state index contributed by atoms with van der Waals surface area (Å²) in [5.74, 6) is -0.340. The molecule has 2 aromatic carbocycles. The van der Waals surface area contributed by atoms with Crippen molar-refractivity contribution in [2.24, 2.45) is 0 Å². The Balaban J connectivity index is 2.25. The van der Waals surface area contributed by atoms with Crippen LogP contribution in [0.15, 0.2) is 42.5 Å². The highest BCUT2D eigenvalue weighted by Gasteiger charge is 2.23. The van der Waals surface area contributed by atoms with E-state index in [0.29, 0.717) is 28.4 Å². The molecule has 1 atom stereocenters. The standard InChI is InChI=1S/C19H21NO6/c1-24-15-10-12(11-16(25-2)17(15)26-3)9-14(19(22)23)20-18(21)13-7-5-4-6-8-13/h4-8,10-11,14H,9H2,1-3H3,(H,20,21)(H,22,23)/t14-/m1/s1. The van der Waals surface area contributed by atoms with Crippen LogP contribution in [0.4, 0.5) is 0 Å². The number of rotatable bonds is 8. The number of hydrogen-bond donors (Lipinski definition) is 2. The Bertz CT molecular complexity index is 750. The second-order valence-electron chi connectivity index (χ2n) is 5.47. The highest BCUT2D eigenvalue weighted by molar-refractivity contribution is 5.96. The lowest BCUT2D eigenvalue weighted by molar-refractivity contribution is -0.139. The van der Waals surface area contributed by atoms with Crippen LogP contribution >= 0.6 is 0 Å². The van der Waals surface area contributed by atoms with Gasteiger partial charge in [-0.2, -0.15) is 0 Å². The molecule has 0 aliphatic heterocycles. The molecule has 0 radical (unpaired) electrons. The lowest BCUT2D eigenvalue weighted by Gasteiger charge is -2.17. The fourth-order valence-electron chi connectivity index (χ4n) is 2.52. The Morgan fingerprint density at radius 1 is 1.00 bits per heavy atom. The number of nitrogens with one attached hydrogen (secondary N) is 1. The number of carboxylic acids is 1. The largest absolute Gasteiger partial charge is 0.493 e. The van der Waals surface area contributed by atoms with E-state index in [1.807, 2.05) is 0 Å². The Hall–Kier alpha value is -3.22. The second-order valence-corrected chi connectivity index (χ2v) is 5.47. The molecule has 26 heavy (non-hydrogen) atoms. The zero-order valence-corrected chi connectivity index (χ0v) is 14.8. The van der Waals surface area contributed by atoms with Crippen LogP contribution in [0.1, 0.15) is 15.9 Å². The van der Waals surface area contributed by atoms with Gasteiger partial charge in [-0.25, -0.2) is 4.79 Å². The van der Waals surface area contributed by atoms with Crippen molar-refractivity contribution in [2.45, 2.75) is 12.5 Å². The summed E-state index contributed by atoms with van der Waals surface area (Å²) in [5.41, 5.74) is 1.02. The third kappa shape index (κ3) is 4.44. The summed E-state index contributed by atoms with van der Waals surface area (Å²) in [6.45, 7) is 0. The van der Waals surface area contributed by atoms with E-state index in [1.165, 1.54) is 21.3 Å². The van der Waals surface area contributed by atoms with Crippen molar-refractivity contribution in [2.75, 3.05) is 21.3 Å². The zero-order chi connectivity index (χ0) is 19.1. The molecule has 0 aliphatic carbocycles. The van der Waals surface area contributed by atoms with Crippen LogP contribution in [0.5, 0.6) is 17.2 Å². The number of carbonyl (C=O) groups excluding carboxylic acids is 1. The average Bonchev–Trinajstić information content (AvgIpc) is 2.66. The van der Waals surface area contributed by atoms with Crippen molar-refractivity contribution >= 4 is 11.9 Å². The van der Waals surface area contributed by atoms with Crippen LogP contribution in [-0.2, 0) is 11.2 Å². The first-order valence-electron chi connectivity index (χ1n) is 7.87. The van der Waals surface area contributed by atoms with Crippen LogP contribution < -0.4 is 19.5 Å². The Morgan fingerprint density at radius 2 is 1.58 bits per heavy atom. The Labute approximate surface area is 151 Å². The SMILES string of the molecule is COc1cc(C[C@@H](NC(=O)c2ccccc2)C(=O)O)cc(OC)c1OC. The lowest BCUT2D eigenvalue weighted by Crippen LogP contribution is -2.42. The minimum atomic E-state index is -1.14. The molecule has 0 bridgehead atoms. The van der Waals surface area contributed by atoms with Crippen LogP contribution in [0.25, 0.3) is 0 Å². The number of hydrogen-bond acceptors (Lipinski definition) is 5. The molecular weight excluding hydrogens is 338 g/mol. The van der Waals surface area contributed by atoms with Crippen LogP contribution in [-0.4, -0.2) is 44.4 Å². The van der Waals surface area contributed by atoms with Gasteiger partial charge in [-0.05, 0) is 29.8 Å². The van der Waals surface area contributed by atoms with E-state index in [4.69, 9.17) is 14.2 Å². The summed E-state index contributed by atoms with van der Waals surface area (Å²) in [6.07, 6.45) is 0.0601. The molecule has 2 N–H and O–H groups in total. The summed E-state index contributed by atoms with van der Waals surface area (Å²) in [4.78, 5) is 23.9. The van der Waals surface area contributed by atoms with Crippen LogP contribution in [0.2, 0.25) is 0 Å². The topological polar surface area (TPSA) is 94.1 Å². The molecule has 138 valence electrons. The molecule has 1 amide bonds. The van der Waals surface area contributed by atoms with Crippen molar-refractivity contribution < 1.29 is 28.9 Å². The van der Waals surface area contributed by atoms with Crippen LogP contribution in [0, 0.1) is 0 Å². The summed E-state index contributed by atoms with van der Waals surface area (Å²) >= 11 is 0. The highest BCUT2D eigenvalue weighted by atomic mass is 16.5. The monoisotopic (exact) mass is 359 g/mol. The molecule has 7 heteroatoms. The van der Waals surface area contributed by atoms with Gasteiger partial charge in [-0.3, -0.25) is 4.79 Å². The van der Waals surface area contributed by atoms with E-state index >= 15 is 0 Å². The van der Waals surface area contributed by atoms with Crippen molar-refractivity contribution in [3.05, 3.63) is 53.6 Å². The molecule has 0 aliphatic rings. The molecule has 0 saturated carbocycles. The van der Waals surface area contributed by atoms with E-state index in [9.17, 15) is 14.7 Å². The molecular formula is C19H21NO6. The van der Waals surface area contributed by atoms with Gasteiger partial charge in [-0.1, -0.05) is 18.2 Å². The van der Waals surface area contributed by atoms with E-state index in [-0.39, 0.29) is 6.42 Å². The first kappa shape index (κ1) is 19.1. The molecule has 0 fully saturated rings. The van der Waals surface area contributed by atoms with Crippen molar-refractivity contribution in [3.8, 4) is 17.2 Å². The van der Waals surface area contributed by atoms with E-state index < -0.39 is 17.9 Å². The number of carboxylic acid groups (broad SMARTS) is 1. The van der Waals surface area contributed by atoms with Gasteiger partial charge in [0.15, 0.2) is 11.5 Å². The molecule has 0 spiro atoms. The van der Waals surface area contributed by atoms with Crippen molar-refractivity contribution in [1.29, 1.82) is 0 Å². The first-order chi connectivity index (χ1) is 12.5. The summed E-state index contributed by atoms with van der Waals surface area (Å²) in [6, 6.07) is 10.7. The van der Waals surface area contributed by atoms with Gasteiger partial charge >= 0.3 is 5.97 Å². The van der Waals surface area contributed by atoms with Gasteiger partial charge in [-0.15, -0.1) is 0 Å². The van der Waals surface area contributed by atoms with Crippen LogP contribution in [0.3, 0.4) is 0 Å². The van der Waals surface area contributed by atoms with Gasteiger partial charge < -0.3 is 24.6 Å². The lowest BCUT2D eigenvalue weighted by atomic mass is 10.0. The van der Waals surface area contributed by atoms with E-state index in [1.54, 1.807) is 42.5 Å². The Morgan fingerprint density at radius 3 is 2.04 bits per heavy atom. The predicted molar refractivity (Wildman–Crippen MR) is 95.1 cm³/mol. The van der Waals surface area contributed by atoms with Crippen molar-refractivity contribution in [1.82, 2.24) is 5.32 Å². The maximum Gasteiger partial charge on any atom is 0.326 e.